The van der Waals surface area contributed by atoms with E-state index in [0.717, 1.165) is 16.8 Å². The second-order valence-electron chi connectivity index (χ2n) is 6.10. The highest BCUT2D eigenvalue weighted by molar-refractivity contribution is 6.31. The number of carbonyl (C=O) groups is 1. The number of amides is 1. The van der Waals surface area contributed by atoms with Crippen molar-refractivity contribution < 1.29 is 9.53 Å². The zero-order valence-electron chi connectivity index (χ0n) is 15.2. The van der Waals surface area contributed by atoms with Crippen LogP contribution in [0.3, 0.4) is 0 Å². The van der Waals surface area contributed by atoms with E-state index >= 15 is 0 Å². The summed E-state index contributed by atoms with van der Waals surface area (Å²) in [5.41, 5.74) is 3.90. The number of hydrogen-bond acceptors (Lipinski definition) is 5. The topological polar surface area (TPSA) is 76.1 Å². The second-order valence-corrected chi connectivity index (χ2v) is 6.53. The van der Waals surface area contributed by atoms with Crippen LogP contribution in [0, 0.1) is 13.8 Å². The van der Waals surface area contributed by atoms with Gasteiger partial charge in [-0.15, -0.1) is 0 Å². The molecule has 0 radical (unpaired) electrons. The maximum absolute atomic E-state index is 12.4. The van der Waals surface area contributed by atoms with Crippen molar-refractivity contribution in [2.75, 3.05) is 17.7 Å². The van der Waals surface area contributed by atoms with Crippen LogP contribution in [0.2, 0.25) is 5.02 Å². The maximum Gasteiger partial charge on any atom is 0.258 e. The fourth-order valence-corrected chi connectivity index (χ4v) is 2.83. The number of carbonyl (C=O) groups excluding carboxylic acids is 1. The molecule has 0 aliphatic heterocycles. The molecule has 138 valence electrons. The zero-order valence-corrected chi connectivity index (χ0v) is 16.0. The van der Waals surface area contributed by atoms with E-state index in [-0.39, 0.29) is 5.91 Å². The Hall–Kier alpha value is -3.12. The largest absolute Gasteiger partial charge is 0.495 e. The highest BCUT2D eigenvalue weighted by Crippen LogP contribution is 2.29. The van der Waals surface area contributed by atoms with Crippen molar-refractivity contribution >= 4 is 34.8 Å². The maximum atomic E-state index is 12.4. The molecular weight excluding hydrogens is 364 g/mol. The van der Waals surface area contributed by atoms with Gasteiger partial charge in [-0.05, 0) is 55.3 Å². The lowest BCUT2D eigenvalue weighted by Gasteiger charge is -2.11. The average Bonchev–Trinajstić information content (AvgIpc) is 2.61. The molecule has 0 spiro atoms. The second kappa shape index (κ2) is 8.05. The van der Waals surface area contributed by atoms with Crippen molar-refractivity contribution in [1.29, 1.82) is 0 Å². The fourth-order valence-electron chi connectivity index (χ4n) is 2.66. The molecule has 1 heterocycles. The predicted molar refractivity (Wildman–Crippen MR) is 107 cm³/mol. The Morgan fingerprint density at radius 2 is 1.70 bits per heavy atom. The van der Waals surface area contributed by atoms with Gasteiger partial charge in [-0.25, -0.2) is 9.97 Å². The summed E-state index contributed by atoms with van der Waals surface area (Å²) in [6.45, 7) is 3.96. The number of hydrogen-bond donors (Lipinski definition) is 2. The Morgan fingerprint density at radius 3 is 2.33 bits per heavy atom. The monoisotopic (exact) mass is 382 g/mol. The van der Waals surface area contributed by atoms with E-state index in [1.165, 1.54) is 12.4 Å². The van der Waals surface area contributed by atoms with Crippen LogP contribution in [0.5, 0.6) is 5.75 Å². The summed E-state index contributed by atoms with van der Waals surface area (Å²) in [6, 6.07) is 11.1. The Labute approximate surface area is 162 Å². The van der Waals surface area contributed by atoms with Crippen molar-refractivity contribution in [1.82, 2.24) is 9.97 Å². The quantitative estimate of drug-likeness (QED) is 0.665. The highest BCUT2D eigenvalue weighted by Gasteiger charge is 2.10. The van der Waals surface area contributed by atoms with E-state index in [0.29, 0.717) is 28.0 Å². The molecule has 3 aromatic rings. The molecule has 0 atom stereocenters. The average molecular weight is 383 g/mol. The number of methoxy groups -OCH3 is 1. The molecule has 0 saturated heterocycles. The van der Waals surface area contributed by atoms with Gasteiger partial charge in [0.2, 0.25) is 5.95 Å². The van der Waals surface area contributed by atoms with Gasteiger partial charge in [-0.1, -0.05) is 17.7 Å². The number of anilines is 3. The third kappa shape index (κ3) is 4.74. The van der Waals surface area contributed by atoms with Crippen LogP contribution in [0.25, 0.3) is 0 Å². The van der Waals surface area contributed by atoms with Crippen molar-refractivity contribution in [3.05, 3.63) is 70.5 Å². The normalized spacial score (nSPS) is 10.4. The standard InChI is InChI=1S/C20H19ClN4O2/c1-12-6-13(2)8-16(7-12)24-19(26)14-10-22-20(23-11-14)25-17-9-15(21)4-5-18(17)27-3/h4-11H,1-3H3,(H,24,26)(H,22,23,25). The van der Waals surface area contributed by atoms with E-state index in [1.807, 2.05) is 32.0 Å². The summed E-state index contributed by atoms with van der Waals surface area (Å²) in [5.74, 6) is 0.671. The third-order valence-corrected chi connectivity index (χ3v) is 4.04. The van der Waals surface area contributed by atoms with Gasteiger partial charge < -0.3 is 15.4 Å². The molecule has 7 heteroatoms. The lowest BCUT2D eigenvalue weighted by Crippen LogP contribution is -2.13. The molecule has 0 bridgehead atoms. The number of rotatable bonds is 5. The van der Waals surface area contributed by atoms with Crippen LogP contribution >= 0.6 is 11.6 Å². The molecule has 1 aromatic heterocycles. The van der Waals surface area contributed by atoms with Gasteiger partial charge in [-0.2, -0.15) is 0 Å². The Balaban J connectivity index is 1.73. The van der Waals surface area contributed by atoms with Crippen molar-refractivity contribution in [2.45, 2.75) is 13.8 Å². The number of nitrogens with one attached hydrogen (secondary N) is 2. The van der Waals surface area contributed by atoms with E-state index in [1.54, 1.807) is 25.3 Å². The smallest absolute Gasteiger partial charge is 0.258 e. The summed E-state index contributed by atoms with van der Waals surface area (Å²) in [7, 11) is 1.57. The molecule has 27 heavy (non-hydrogen) atoms. The molecule has 2 aromatic carbocycles. The van der Waals surface area contributed by atoms with E-state index in [4.69, 9.17) is 16.3 Å². The number of aromatic nitrogens is 2. The molecule has 1 amide bonds. The number of benzene rings is 2. The van der Waals surface area contributed by atoms with Crippen molar-refractivity contribution in [2.24, 2.45) is 0 Å². The minimum atomic E-state index is -0.271. The number of aryl methyl sites for hydroxylation is 2. The van der Waals surface area contributed by atoms with Crippen LogP contribution in [-0.4, -0.2) is 23.0 Å². The molecule has 6 nitrogen and oxygen atoms in total. The summed E-state index contributed by atoms with van der Waals surface area (Å²) < 4.78 is 5.28. The van der Waals surface area contributed by atoms with Gasteiger partial charge >= 0.3 is 0 Å². The molecule has 2 N–H and O–H groups in total. The highest BCUT2D eigenvalue weighted by atomic mass is 35.5. The van der Waals surface area contributed by atoms with Crippen LogP contribution in [0.4, 0.5) is 17.3 Å². The predicted octanol–water partition coefficient (Wildman–Crippen LogP) is 4.75. The summed E-state index contributed by atoms with van der Waals surface area (Å²) in [5, 5.41) is 6.45. The first-order chi connectivity index (χ1) is 12.9. The van der Waals surface area contributed by atoms with Gasteiger partial charge in [-0.3, -0.25) is 4.79 Å². The van der Waals surface area contributed by atoms with E-state index in [9.17, 15) is 4.79 Å². The summed E-state index contributed by atoms with van der Waals surface area (Å²) in [4.78, 5) is 20.8. The van der Waals surface area contributed by atoms with Crippen LogP contribution in [-0.2, 0) is 0 Å². The first kappa shape index (κ1) is 18.7. The van der Waals surface area contributed by atoms with Crippen molar-refractivity contribution in [3.8, 4) is 5.75 Å². The third-order valence-electron chi connectivity index (χ3n) is 3.80. The molecule has 0 saturated carbocycles. The van der Waals surface area contributed by atoms with Gasteiger partial charge in [0, 0.05) is 23.1 Å². The first-order valence-electron chi connectivity index (χ1n) is 8.27. The Kier molecular flexibility index (Phi) is 5.57. The SMILES string of the molecule is COc1ccc(Cl)cc1Nc1ncc(C(=O)Nc2cc(C)cc(C)c2)cn1. The number of nitrogens with zero attached hydrogens (tertiary/aromatic N) is 2. The molecule has 0 unspecified atom stereocenters. The van der Waals surface area contributed by atoms with Crippen molar-refractivity contribution in [3.63, 3.8) is 0 Å². The summed E-state index contributed by atoms with van der Waals surface area (Å²) in [6.07, 6.45) is 2.93. The van der Waals surface area contributed by atoms with Crippen LogP contribution in [0.1, 0.15) is 21.5 Å². The van der Waals surface area contributed by atoms with Crippen LogP contribution < -0.4 is 15.4 Å². The van der Waals surface area contributed by atoms with Crippen LogP contribution in [0.15, 0.2) is 48.8 Å². The van der Waals surface area contributed by atoms with Gasteiger partial charge in [0.1, 0.15) is 5.75 Å². The Morgan fingerprint density at radius 1 is 1.04 bits per heavy atom. The summed E-state index contributed by atoms with van der Waals surface area (Å²) >= 11 is 6.02. The van der Waals surface area contributed by atoms with Gasteiger partial charge in [0.15, 0.2) is 0 Å². The lowest BCUT2D eigenvalue weighted by atomic mass is 10.1. The van der Waals surface area contributed by atoms with E-state index < -0.39 is 0 Å². The Bertz CT molecular complexity index is 954. The molecular formula is C20H19ClN4O2. The van der Waals surface area contributed by atoms with Gasteiger partial charge in [0.25, 0.3) is 5.91 Å². The minimum Gasteiger partial charge on any atom is -0.495 e. The molecule has 0 aliphatic rings. The number of ether oxygens (including phenoxy) is 1. The first-order valence-corrected chi connectivity index (χ1v) is 8.64. The van der Waals surface area contributed by atoms with Gasteiger partial charge in [0.05, 0.1) is 18.4 Å². The molecule has 0 aliphatic carbocycles. The fraction of sp³-hybridized carbons (Fsp3) is 0.150. The molecule has 3 rings (SSSR count). The number of halogens is 1. The zero-order chi connectivity index (χ0) is 19.4. The molecule has 0 fully saturated rings. The van der Waals surface area contributed by atoms with E-state index in [2.05, 4.69) is 20.6 Å². The lowest BCUT2D eigenvalue weighted by molar-refractivity contribution is 0.102. The minimum absolute atomic E-state index is 0.271.